The fourth-order valence-electron chi connectivity index (χ4n) is 4.62. The number of benzene rings is 1. The molecule has 4 rings (SSSR count). The molecule has 0 spiro atoms. The number of nitrogens with one attached hydrogen (secondary N) is 1. The van der Waals surface area contributed by atoms with Crippen LogP contribution in [0, 0.1) is 25.7 Å². The van der Waals surface area contributed by atoms with Crippen molar-refractivity contribution in [3.8, 4) is 11.1 Å². The summed E-state index contributed by atoms with van der Waals surface area (Å²) in [4.78, 5) is 38.6. The zero-order valence-electron chi connectivity index (χ0n) is 17.6. The van der Waals surface area contributed by atoms with Gasteiger partial charge in [-0.2, -0.15) is 0 Å². The zero-order valence-corrected chi connectivity index (χ0v) is 18.5. The minimum absolute atomic E-state index is 0.204. The van der Waals surface area contributed by atoms with Gasteiger partial charge in [0.1, 0.15) is 10.6 Å². The lowest BCUT2D eigenvalue weighted by atomic mass is 9.78. The largest absolute Gasteiger partial charge is 0.481 e. The van der Waals surface area contributed by atoms with Crippen molar-refractivity contribution in [3.05, 3.63) is 40.3 Å². The molecule has 8 heteroatoms. The third-order valence-corrected chi connectivity index (χ3v) is 7.02. The van der Waals surface area contributed by atoms with E-state index in [1.165, 1.54) is 11.3 Å². The summed E-state index contributed by atoms with van der Waals surface area (Å²) >= 11 is 1.29. The molecule has 7 nitrogen and oxygen atoms in total. The SMILES string of the molecule is CCOC(=O)c1c(NC(=O)[C@H]2[C@@H](C(=O)O)[C@@H]3CC[C@H]2O3)sc(C)c1-c1ccc(C)cc1. The Bertz CT molecular complexity index is 1030. The first kappa shape index (κ1) is 21.5. The van der Waals surface area contributed by atoms with E-state index >= 15 is 0 Å². The summed E-state index contributed by atoms with van der Waals surface area (Å²) in [7, 11) is 0. The number of fused-ring (bicyclic) bond motifs is 2. The number of carboxylic acid groups (broad SMARTS) is 1. The summed E-state index contributed by atoms with van der Waals surface area (Å²) in [6, 6.07) is 7.79. The summed E-state index contributed by atoms with van der Waals surface area (Å²) in [5, 5.41) is 12.8. The monoisotopic (exact) mass is 443 g/mol. The molecule has 1 aromatic heterocycles. The van der Waals surface area contributed by atoms with Crippen LogP contribution in [-0.4, -0.2) is 41.8 Å². The molecule has 2 aromatic rings. The van der Waals surface area contributed by atoms with Crippen molar-refractivity contribution in [2.45, 2.75) is 45.8 Å². The van der Waals surface area contributed by atoms with E-state index in [4.69, 9.17) is 9.47 Å². The first-order valence-corrected chi connectivity index (χ1v) is 11.2. The molecule has 4 atom stereocenters. The molecule has 2 bridgehead atoms. The third-order valence-electron chi connectivity index (χ3n) is 6.00. The van der Waals surface area contributed by atoms with Crippen LogP contribution in [-0.2, 0) is 19.1 Å². The maximum atomic E-state index is 13.2. The normalized spacial score (nSPS) is 24.2. The maximum Gasteiger partial charge on any atom is 0.341 e. The summed E-state index contributed by atoms with van der Waals surface area (Å²) in [6.45, 7) is 5.80. The number of carbonyl (C=O) groups is 3. The first-order chi connectivity index (χ1) is 14.8. The molecule has 164 valence electrons. The third kappa shape index (κ3) is 3.85. The van der Waals surface area contributed by atoms with Gasteiger partial charge in [-0.25, -0.2) is 4.79 Å². The minimum Gasteiger partial charge on any atom is -0.481 e. The first-order valence-electron chi connectivity index (χ1n) is 10.4. The van der Waals surface area contributed by atoms with Gasteiger partial charge < -0.3 is 19.9 Å². The van der Waals surface area contributed by atoms with Gasteiger partial charge in [-0.05, 0) is 39.2 Å². The molecular weight excluding hydrogens is 418 g/mol. The fourth-order valence-corrected chi connectivity index (χ4v) is 5.69. The molecule has 0 unspecified atom stereocenters. The lowest BCUT2D eigenvalue weighted by molar-refractivity contribution is -0.147. The molecule has 2 saturated heterocycles. The average Bonchev–Trinajstić information content (AvgIpc) is 3.41. The molecule has 31 heavy (non-hydrogen) atoms. The van der Waals surface area contributed by atoms with Gasteiger partial charge in [0.15, 0.2) is 0 Å². The molecule has 2 fully saturated rings. The maximum absolute atomic E-state index is 13.2. The van der Waals surface area contributed by atoms with E-state index in [-0.39, 0.29) is 6.61 Å². The second-order valence-corrected chi connectivity index (χ2v) is 9.22. The lowest BCUT2D eigenvalue weighted by Crippen LogP contribution is -2.41. The Balaban J connectivity index is 1.70. The van der Waals surface area contributed by atoms with Crippen molar-refractivity contribution in [2.24, 2.45) is 11.8 Å². The molecule has 1 aromatic carbocycles. The lowest BCUT2D eigenvalue weighted by Gasteiger charge is -2.23. The standard InChI is InChI=1S/C23H25NO6S/c1-4-29-23(28)19-16(13-7-5-11(2)6-8-13)12(3)31-21(19)24-20(25)17-14-9-10-15(30-14)18(17)22(26)27/h5-8,14-15,17-18H,4,9-10H2,1-3H3,(H,24,25)(H,26,27)/t14-,15+,17-,18+/m1/s1. The quantitative estimate of drug-likeness (QED) is 0.654. The predicted molar refractivity (Wildman–Crippen MR) is 116 cm³/mol. The summed E-state index contributed by atoms with van der Waals surface area (Å²) in [6.07, 6.45) is 0.468. The van der Waals surface area contributed by atoms with Crippen molar-refractivity contribution in [2.75, 3.05) is 11.9 Å². The number of carbonyl (C=O) groups excluding carboxylic acids is 2. The highest BCUT2D eigenvalue weighted by Crippen LogP contribution is 2.45. The van der Waals surface area contributed by atoms with Gasteiger partial charge in [0.05, 0.1) is 30.7 Å². The Morgan fingerprint density at radius 1 is 1.13 bits per heavy atom. The van der Waals surface area contributed by atoms with Crippen LogP contribution in [0.5, 0.6) is 0 Å². The Morgan fingerprint density at radius 3 is 2.39 bits per heavy atom. The van der Waals surface area contributed by atoms with Crippen molar-refractivity contribution in [1.29, 1.82) is 0 Å². The van der Waals surface area contributed by atoms with Gasteiger partial charge in [-0.3, -0.25) is 9.59 Å². The predicted octanol–water partition coefficient (Wildman–Crippen LogP) is 4.03. The van der Waals surface area contributed by atoms with E-state index in [2.05, 4.69) is 5.32 Å². The van der Waals surface area contributed by atoms with Crippen LogP contribution in [0.2, 0.25) is 0 Å². The number of hydrogen-bond donors (Lipinski definition) is 2. The van der Waals surface area contributed by atoms with Crippen molar-refractivity contribution in [3.63, 3.8) is 0 Å². The summed E-state index contributed by atoms with van der Waals surface area (Å²) in [5.74, 6) is -3.63. The Labute approximate surface area is 184 Å². The highest BCUT2D eigenvalue weighted by molar-refractivity contribution is 7.17. The number of aryl methyl sites for hydroxylation is 2. The fraction of sp³-hybridized carbons (Fsp3) is 0.435. The molecule has 0 saturated carbocycles. The van der Waals surface area contributed by atoms with Crippen LogP contribution in [0.3, 0.4) is 0 Å². The average molecular weight is 444 g/mol. The number of rotatable bonds is 6. The van der Waals surface area contributed by atoms with E-state index < -0.39 is 41.9 Å². The molecule has 1 amide bonds. The zero-order chi connectivity index (χ0) is 22.3. The number of anilines is 1. The van der Waals surface area contributed by atoms with E-state index in [1.54, 1.807) is 6.92 Å². The number of aliphatic carboxylic acids is 1. The van der Waals surface area contributed by atoms with E-state index in [0.717, 1.165) is 21.6 Å². The van der Waals surface area contributed by atoms with Gasteiger partial charge in [-0.15, -0.1) is 11.3 Å². The molecule has 2 N–H and O–H groups in total. The van der Waals surface area contributed by atoms with Crippen molar-refractivity contribution < 1.29 is 29.0 Å². The van der Waals surface area contributed by atoms with Gasteiger partial charge in [0.2, 0.25) is 5.91 Å². The van der Waals surface area contributed by atoms with E-state index in [9.17, 15) is 19.5 Å². The van der Waals surface area contributed by atoms with Gasteiger partial charge >= 0.3 is 11.9 Å². The van der Waals surface area contributed by atoms with E-state index in [0.29, 0.717) is 23.4 Å². The van der Waals surface area contributed by atoms with Crippen LogP contribution in [0.1, 0.15) is 40.6 Å². The van der Waals surface area contributed by atoms with Gasteiger partial charge in [0.25, 0.3) is 0 Å². The van der Waals surface area contributed by atoms with Crippen LogP contribution >= 0.6 is 11.3 Å². The van der Waals surface area contributed by atoms with Crippen LogP contribution in [0.4, 0.5) is 5.00 Å². The molecule has 0 aliphatic carbocycles. The van der Waals surface area contributed by atoms with Crippen molar-refractivity contribution in [1.82, 2.24) is 0 Å². The van der Waals surface area contributed by atoms with Gasteiger partial charge in [-0.1, -0.05) is 29.8 Å². The number of thiophene rings is 1. The van der Waals surface area contributed by atoms with Crippen LogP contribution in [0.25, 0.3) is 11.1 Å². The number of amides is 1. The van der Waals surface area contributed by atoms with Crippen molar-refractivity contribution >= 4 is 34.2 Å². The Kier molecular flexibility index (Phi) is 5.85. The Hall–Kier alpha value is -2.71. The summed E-state index contributed by atoms with van der Waals surface area (Å²) < 4.78 is 11.0. The number of hydrogen-bond acceptors (Lipinski definition) is 6. The molecular formula is C23H25NO6S. The molecule has 2 aliphatic rings. The van der Waals surface area contributed by atoms with Crippen LogP contribution in [0.15, 0.2) is 24.3 Å². The highest BCUT2D eigenvalue weighted by Gasteiger charge is 2.55. The smallest absolute Gasteiger partial charge is 0.341 e. The Morgan fingerprint density at radius 2 is 1.77 bits per heavy atom. The summed E-state index contributed by atoms with van der Waals surface area (Å²) in [5.41, 5.74) is 2.98. The topological polar surface area (TPSA) is 102 Å². The second kappa shape index (κ2) is 8.43. The number of carboxylic acids is 1. The second-order valence-electron chi connectivity index (χ2n) is 7.99. The van der Waals surface area contributed by atoms with E-state index in [1.807, 2.05) is 38.1 Å². The number of ether oxygens (including phenoxy) is 2. The highest BCUT2D eigenvalue weighted by atomic mass is 32.1. The molecule has 2 aliphatic heterocycles. The minimum atomic E-state index is -1.03. The van der Waals surface area contributed by atoms with Crippen LogP contribution < -0.4 is 5.32 Å². The van der Waals surface area contributed by atoms with Gasteiger partial charge in [0, 0.05) is 10.4 Å². The molecule has 3 heterocycles. The molecule has 0 radical (unpaired) electrons. The number of esters is 1.